The molecule has 9 aromatic carbocycles. The summed E-state index contributed by atoms with van der Waals surface area (Å²) < 4.78 is 0. The van der Waals surface area contributed by atoms with Crippen LogP contribution in [0, 0.1) is 13.8 Å². The van der Waals surface area contributed by atoms with E-state index in [2.05, 4.69) is 261 Å². The number of anilines is 7. The van der Waals surface area contributed by atoms with E-state index in [4.69, 9.17) is 0 Å². The van der Waals surface area contributed by atoms with Crippen LogP contribution < -0.4 is 15.1 Å². The molecule has 0 radical (unpaired) electrons. The van der Waals surface area contributed by atoms with E-state index in [1.165, 1.54) is 60.2 Å². The van der Waals surface area contributed by atoms with E-state index in [9.17, 15) is 0 Å². The Kier molecular flexibility index (Phi) is 10.6. The molecule has 3 nitrogen and oxygen atoms in total. The summed E-state index contributed by atoms with van der Waals surface area (Å²) in [5, 5.41) is 5.93. The Morgan fingerprint density at radius 1 is 0.453 bits per heavy atom. The van der Waals surface area contributed by atoms with Crippen molar-refractivity contribution < 1.29 is 0 Å². The van der Waals surface area contributed by atoms with Gasteiger partial charge in [-0.1, -0.05) is 126 Å². The Hall–Kier alpha value is -7.01. The zero-order valence-corrected chi connectivity index (χ0v) is 38.5. The minimum Gasteiger partial charge on any atom is -0.385 e. The van der Waals surface area contributed by atoms with Crippen LogP contribution in [0.4, 0.5) is 39.8 Å². The molecule has 0 aliphatic heterocycles. The summed E-state index contributed by atoms with van der Waals surface area (Å²) in [6.07, 6.45) is 7.10. The standard InChI is InChI=1S/C60H55N3S/c1-7-61-46-26-32-48(33-27-46)62(47-28-22-42(2)23-29-47)51-36-39-55-56(40-51)60(44-16-10-8-11-17-44,45-18-12-9-13-19-45)57-41-58(53-20-14-15-21-54(53)59(55)57)63(49-30-24-43(3)25-31-49)50-34-37-52(38-35-50)64(4,5)6/h8-41,61H,7H2,1-6H3. The molecule has 0 fully saturated rings. The van der Waals surface area contributed by atoms with Gasteiger partial charge in [-0.15, -0.1) is 0 Å². The van der Waals surface area contributed by atoms with Gasteiger partial charge in [-0.2, -0.15) is 0 Å². The molecule has 0 bridgehead atoms. The van der Waals surface area contributed by atoms with Gasteiger partial charge >= 0.3 is 0 Å². The van der Waals surface area contributed by atoms with Crippen LogP contribution in [0.15, 0.2) is 211 Å². The number of aryl methyl sites for hydroxylation is 2. The van der Waals surface area contributed by atoms with Gasteiger partial charge in [0.25, 0.3) is 0 Å². The summed E-state index contributed by atoms with van der Waals surface area (Å²) in [4.78, 5) is 6.28. The number of benzene rings is 9. The molecule has 316 valence electrons. The first-order valence-electron chi connectivity index (χ1n) is 22.3. The lowest BCUT2D eigenvalue weighted by atomic mass is 9.67. The lowest BCUT2D eigenvalue weighted by molar-refractivity contribution is 0.769. The first-order chi connectivity index (χ1) is 31.1. The van der Waals surface area contributed by atoms with Crippen molar-refractivity contribution in [1.82, 2.24) is 0 Å². The highest BCUT2D eigenvalue weighted by Crippen LogP contribution is 2.61. The third-order valence-corrected chi connectivity index (χ3v) is 14.6. The number of fused-ring (bicyclic) bond motifs is 5. The van der Waals surface area contributed by atoms with E-state index in [0.29, 0.717) is 0 Å². The van der Waals surface area contributed by atoms with Crippen molar-refractivity contribution in [2.75, 3.05) is 40.4 Å². The number of nitrogens with one attached hydrogen (secondary N) is 1. The summed E-state index contributed by atoms with van der Waals surface area (Å²) >= 11 is 0. The molecule has 64 heavy (non-hydrogen) atoms. The van der Waals surface area contributed by atoms with Crippen molar-refractivity contribution in [3.63, 3.8) is 0 Å². The highest BCUT2D eigenvalue weighted by molar-refractivity contribution is 8.32. The first-order valence-corrected chi connectivity index (χ1v) is 25.2. The fourth-order valence-corrected chi connectivity index (χ4v) is 10.8. The Morgan fingerprint density at radius 2 is 0.922 bits per heavy atom. The number of rotatable bonds is 11. The molecule has 0 amide bonds. The molecule has 0 unspecified atom stereocenters. The minimum atomic E-state index is -0.907. The Morgan fingerprint density at radius 3 is 1.45 bits per heavy atom. The summed E-state index contributed by atoms with van der Waals surface area (Å²) in [5.74, 6) is 0. The van der Waals surface area contributed by atoms with Gasteiger partial charge in [0.1, 0.15) is 0 Å². The van der Waals surface area contributed by atoms with Gasteiger partial charge in [0, 0.05) is 46.1 Å². The predicted molar refractivity (Wildman–Crippen MR) is 278 cm³/mol. The lowest BCUT2D eigenvalue weighted by Crippen LogP contribution is -2.29. The summed E-state index contributed by atoms with van der Waals surface area (Å²) in [7, 11) is -0.907. The largest absolute Gasteiger partial charge is 0.385 e. The predicted octanol–water partition coefficient (Wildman–Crippen LogP) is 16.2. The molecule has 1 N–H and O–H groups in total. The van der Waals surface area contributed by atoms with E-state index in [1.807, 2.05) is 0 Å². The van der Waals surface area contributed by atoms with Crippen LogP contribution in [0.3, 0.4) is 0 Å². The number of hydrogen-bond acceptors (Lipinski definition) is 3. The maximum atomic E-state index is 3.49. The van der Waals surface area contributed by atoms with Crippen LogP contribution >= 0.6 is 10.0 Å². The first kappa shape index (κ1) is 41.0. The zero-order valence-electron chi connectivity index (χ0n) is 37.6. The third kappa shape index (κ3) is 7.13. The molecule has 0 aromatic heterocycles. The molecule has 0 saturated carbocycles. The van der Waals surface area contributed by atoms with Crippen molar-refractivity contribution >= 4 is 60.6 Å². The van der Waals surface area contributed by atoms with Gasteiger partial charge in [0.05, 0.1) is 11.1 Å². The van der Waals surface area contributed by atoms with Gasteiger partial charge in [-0.25, -0.2) is 10.0 Å². The Balaban J connectivity index is 1.29. The van der Waals surface area contributed by atoms with Crippen LogP contribution in [-0.4, -0.2) is 25.3 Å². The molecule has 1 aliphatic rings. The molecule has 0 spiro atoms. The van der Waals surface area contributed by atoms with E-state index in [0.717, 1.165) is 46.4 Å². The van der Waals surface area contributed by atoms with E-state index >= 15 is 0 Å². The second-order valence-electron chi connectivity index (χ2n) is 17.8. The number of nitrogens with zero attached hydrogens (tertiary/aromatic N) is 2. The molecule has 1 aliphatic carbocycles. The molecule has 10 rings (SSSR count). The SMILES string of the molecule is CCNc1ccc(N(c2ccc(C)cc2)c2ccc3c(c2)C(c2ccccc2)(c2ccccc2)c2cc(N(c4ccc(C)cc4)c4ccc(S(C)(C)C)cc4)c4ccccc4c2-3)cc1. The quantitative estimate of drug-likeness (QED) is 0.140. The number of hydrogen-bond donors (Lipinski definition) is 1. The Bertz CT molecular complexity index is 3040. The van der Waals surface area contributed by atoms with Crippen LogP contribution in [0.25, 0.3) is 21.9 Å². The van der Waals surface area contributed by atoms with Gasteiger partial charge in [0.15, 0.2) is 0 Å². The van der Waals surface area contributed by atoms with Crippen molar-refractivity contribution in [2.45, 2.75) is 31.1 Å². The third-order valence-electron chi connectivity index (χ3n) is 12.9. The lowest BCUT2D eigenvalue weighted by Gasteiger charge is -2.36. The minimum absolute atomic E-state index is 0.659. The van der Waals surface area contributed by atoms with Gasteiger partial charge < -0.3 is 15.1 Å². The zero-order chi connectivity index (χ0) is 44.0. The van der Waals surface area contributed by atoms with Gasteiger partial charge in [-0.05, 0) is 174 Å². The van der Waals surface area contributed by atoms with Crippen molar-refractivity contribution in [3.8, 4) is 11.1 Å². The molecule has 0 saturated heterocycles. The maximum Gasteiger partial charge on any atom is 0.0715 e. The average Bonchev–Trinajstić information content (AvgIpc) is 3.62. The van der Waals surface area contributed by atoms with E-state index < -0.39 is 15.4 Å². The van der Waals surface area contributed by atoms with Crippen LogP contribution in [0.1, 0.15) is 40.3 Å². The highest BCUT2D eigenvalue weighted by Gasteiger charge is 2.48. The smallest absolute Gasteiger partial charge is 0.0715 e. The van der Waals surface area contributed by atoms with E-state index in [1.54, 1.807) is 0 Å². The summed E-state index contributed by atoms with van der Waals surface area (Å²) in [5.41, 5.74) is 17.2. The highest BCUT2D eigenvalue weighted by atomic mass is 32.3. The van der Waals surface area contributed by atoms with Crippen LogP contribution in [0.2, 0.25) is 0 Å². The van der Waals surface area contributed by atoms with Crippen molar-refractivity contribution in [2.24, 2.45) is 0 Å². The molecule has 0 atom stereocenters. The van der Waals surface area contributed by atoms with Gasteiger partial charge in [-0.3, -0.25) is 0 Å². The maximum absolute atomic E-state index is 3.49. The second kappa shape index (κ2) is 16.6. The van der Waals surface area contributed by atoms with Crippen LogP contribution in [-0.2, 0) is 5.41 Å². The van der Waals surface area contributed by atoms with Crippen LogP contribution in [0.5, 0.6) is 0 Å². The van der Waals surface area contributed by atoms with Crippen molar-refractivity contribution in [3.05, 3.63) is 240 Å². The van der Waals surface area contributed by atoms with Crippen molar-refractivity contribution in [1.29, 1.82) is 0 Å². The molecular formula is C60H55N3S. The topological polar surface area (TPSA) is 18.5 Å². The van der Waals surface area contributed by atoms with E-state index in [-0.39, 0.29) is 0 Å². The molecule has 9 aromatic rings. The Labute approximate surface area is 381 Å². The van der Waals surface area contributed by atoms with Gasteiger partial charge in [0.2, 0.25) is 0 Å². The molecule has 4 heteroatoms. The normalized spacial score (nSPS) is 13.0. The average molecular weight is 850 g/mol. The summed E-state index contributed by atoms with van der Waals surface area (Å²) in [6, 6.07) is 77.2. The fourth-order valence-electron chi connectivity index (χ4n) is 9.83. The molecular weight excluding hydrogens is 795 g/mol. The summed E-state index contributed by atoms with van der Waals surface area (Å²) in [6.45, 7) is 7.33. The molecule has 0 heterocycles. The fraction of sp³-hybridized carbons (Fsp3) is 0.133. The second-order valence-corrected chi connectivity index (χ2v) is 22.0. The monoisotopic (exact) mass is 849 g/mol.